The third-order valence-electron chi connectivity index (χ3n) is 7.80. The number of anilines is 1. The molecule has 1 aromatic carbocycles. The van der Waals surface area contributed by atoms with E-state index in [1.54, 1.807) is 12.3 Å². The Morgan fingerprint density at radius 3 is 2.62 bits per heavy atom. The zero-order chi connectivity index (χ0) is 27.5. The van der Waals surface area contributed by atoms with Crippen molar-refractivity contribution >= 4 is 40.0 Å². The standard InChI is InChI=1S/C29H32FN7O2S/c30-22-4-5-24-23(17-22)21(18-33-24)6-10-32-27(38)25-19-40-28(34-25)20-7-11-36(12-8-20)29(39)37-15-13-35(14-16-37)26-3-1-2-9-31-26/h1-5,9,17-20,33H,6-8,10-16H2,(H,32,38). The topological polar surface area (TPSA) is 97.5 Å². The second-order valence-corrected chi connectivity index (χ2v) is 11.2. The molecule has 0 aliphatic carbocycles. The number of piperidine rings is 1. The maximum absolute atomic E-state index is 13.6. The third-order valence-corrected chi connectivity index (χ3v) is 8.81. The van der Waals surface area contributed by atoms with E-state index in [0.717, 1.165) is 53.2 Å². The van der Waals surface area contributed by atoms with Gasteiger partial charge in [-0.15, -0.1) is 11.3 Å². The molecule has 2 aliphatic rings. The quantitative estimate of drug-likeness (QED) is 0.367. The van der Waals surface area contributed by atoms with E-state index in [2.05, 4.69) is 25.2 Å². The van der Waals surface area contributed by atoms with Crippen molar-refractivity contribution in [2.45, 2.75) is 25.2 Å². The second-order valence-electron chi connectivity index (χ2n) is 10.3. The highest BCUT2D eigenvalue weighted by Gasteiger charge is 2.30. The van der Waals surface area contributed by atoms with Crippen LogP contribution in [0.1, 0.15) is 39.8 Å². The number of hydrogen-bond acceptors (Lipinski definition) is 6. The van der Waals surface area contributed by atoms with Crippen LogP contribution in [0.15, 0.2) is 54.2 Å². The number of likely N-dealkylation sites (tertiary alicyclic amines) is 1. The van der Waals surface area contributed by atoms with E-state index >= 15 is 0 Å². The van der Waals surface area contributed by atoms with Gasteiger partial charge in [0.05, 0.1) is 5.01 Å². The number of piperazine rings is 1. The van der Waals surface area contributed by atoms with Crippen LogP contribution in [0.25, 0.3) is 10.9 Å². The summed E-state index contributed by atoms with van der Waals surface area (Å²) in [5.41, 5.74) is 2.27. The summed E-state index contributed by atoms with van der Waals surface area (Å²) < 4.78 is 13.6. The van der Waals surface area contributed by atoms with Crippen LogP contribution in [0.3, 0.4) is 0 Å². The summed E-state index contributed by atoms with van der Waals surface area (Å²) >= 11 is 1.51. The summed E-state index contributed by atoms with van der Waals surface area (Å²) in [5, 5.41) is 6.53. The minimum absolute atomic E-state index is 0.108. The molecule has 2 saturated heterocycles. The van der Waals surface area contributed by atoms with Crippen molar-refractivity contribution in [2.75, 3.05) is 50.7 Å². The molecule has 40 heavy (non-hydrogen) atoms. The molecule has 3 aromatic heterocycles. The number of nitrogens with one attached hydrogen (secondary N) is 2. The van der Waals surface area contributed by atoms with Crippen molar-refractivity contribution < 1.29 is 14.0 Å². The molecule has 2 N–H and O–H groups in total. The largest absolute Gasteiger partial charge is 0.361 e. The molecule has 0 unspecified atom stereocenters. The molecule has 0 atom stereocenters. The van der Waals surface area contributed by atoms with E-state index in [4.69, 9.17) is 0 Å². The number of H-pyrrole nitrogens is 1. The number of hydrogen-bond donors (Lipinski definition) is 2. The van der Waals surface area contributed by atoms with Crippen molar-refractivity contribution in [3.63, 3.8) is 0 Å². The molecule has 0 bridgehead atoms. The van der Waals surface area contributed by atoms with Gasteiger partial charge in [-0.2, -0.15) is 0 Å². The number of carbonyl (C=O) groups is 2. The Morgan fingerprint density at radius 1 is 1.05 bits per heavy atom. The highest BCUT2D eigenvalue weighted by molar-refractivity contribution is 7.09. The average molecular weight is 562 g/mol. The third kappa shape index (κ3) is 5.65. The van der Waals surface area contributed by atoms with E-state index in [1.807, 2.05) is 39.6 Å². The van der Waals surface area contributed by atoms with Gasteiger partial charge in [-0.25, -0.2) is 19.2 Å². The Morgan fingerprint density at radius 2 is 1.85 bits per heavy atom. The lowest BCUT2D eigenvalue weighted by Gasteiger charge is -2.39. The molecule has 2 fully saturated rings. The van der Waals surface area contributed by atoms with Crippen LogP contribution in [0, 0.1) is 5.82 Å². The van der Waals surface area contributed by atoms with E-state index < -0.39 is 0 Å². The number of benzene rings is 1. The number of aromatic nitrogens is 3. The molecule has 0 spiro atoms. The average Bonchev–Trinajstić information content (AvgIpc) is 3.65. The molecular formula is C29H32FN7O2S. The number of amides is 3. The van der Waals surface area contributed by atoms with E-state index in [9.17, 15) is 14.0 Å². The number of aromatic amines is 1. The number of pyridine rings is 1. The first-order chi connectivity index (χ1) is 19.5. The number of fused-ring (bicyclic) bond motifs is 1. The van der Waals surface area contributed by atoms with Crippen LogP contribution in [-0.2, 0) is 6.42 Å². The molecule has 0 radical (unpaired) electrons. The summed E-state index contributed by atoms with van der Waals surface area (Å²) in [6.07, 6.45) is 5.93. The van der Waals surface area contributed by atoms with Crippen LogP contribution in [0.4, 0.5) is 15.0 Å². The Bertz CT molecular complexity index is 1470. The number of thiazole rings is 1. The molecule has 3 amide bonds. The molecule has 11 heteroatoms. The lowest BCUT2D eigenvalue weighted by molar-refractivity contribution is 0.0949. The number of nitrogens with zero attached hydrogens (tertiary/aromatic N) is 5. The van der Waals surface area contributed by atoms with Crippen molar-refractivity contribution in [2.24, 2.45) is 0 Å². The van der Waals surface area contributed by atoms with Crippen LogP contribution in [0.5, 0.6) is 0 Å². The molecule has 208 valence electrons. The lowest BCUT2D eigenvalue weighted by Crippen LogP contribution is -2.54. The maximum Gasteiger partial charge on any atom is 0.320 e. The van der Waals surface area contributed by atoms with E-state index in [0.29, 0.717) is 44.8 Å². The van der Waals surface area contributed by atoms with Crippen LogP contribution >= 0.6 is 11.3 Å². The molecule has 4 aromatic rings. The SMILES string of the molecule is O=C(NCCc1c[nH]c2ccc(F)cc12)c1csc(C2CCN(C(=O)N3CCN(c4ccccn4)CC3)CC2)n1. The van der Waals surface area contributed by atoms with Crippen molar-refractivity contribution in [1.82, 2.24) is 30.1 Å². The molecule has 2 aliphatic heterocycles. The summed E-state index contributed by atoms with van der Waals surface area (Å²) in [6.45, 7) is 4.76. The number of urea groups is 1. The van der Waals surface area contributed by atoms with Gasteiger partial charge in [0.25, 0.3) is 5.91 Å². The first-order valence-electron chi connectivity index (χ1n) is 13.7. The normalized spacial score (nSPS) is 16.5. The second kappa shape index (κ2) is 11.6. The summed E-state index contributed by atoms with van der Waals surface area (Å²) in [5.74, 6) is 0.726. The van der Waals surface area contributed by atoms with Gasteiger partial charge >= 0.3 is 6.03 Å². The summed E-state index contributed by atoms with van der Waals surface area (Å²) in [6, 6.07) is 10.7. The Labute approximate surface area is 236 Å². The molecular weight excluding hydrogens is 529 g/mol. The Hall–Kier alpha value is -3.99. The predicted octanol–water partition coefficient (Wildman–Crippen LogP) is 4.25. The van der Waals surface area contributed by atoms with Gasteiger partial charge < -0.3 is 25.0 Å². The summed E-state index contributed by atoms with van der Waals surface area (Å²) in [7, 11) is 0. The van der Waals surface area contributed by atoms with Gasteiger partial charge in [0.15, 0.2) is 0 Å². The van der Waals surface area contributed by atoms with Gasteiger partial charge in [0.2, 0.25) is 0 Å². The van der Waals surface area contributed by atoms with Crippen LogP contribution in [0.2, 0.25) is 0 Å². The smallest absolute Gasteiger partial charge is 0.320 e. The first kappa shape index (κ1) is 26.2. The number of carbonyl (C=O) groups excluding carboxylic acids is 2. The zero-order valence-corrected chi connectivity index (χ0v) is 23.0. The molecule has 5 heterocycles. The molecule has 0 saturated carbocycles. The van der Waals surface area contributed by atoms with Crippen LogP contribution < -0.4 is 10.2 Å². The maximum atomic E-state index is 13.6. The van der Waals surface area contributed by atoms with Gasteiger partial charge in [-0.05, 0) is 55.2 Å². The first-order valence-corrected chi connectivity index (χ1v) is 14.6. The Balaban J connectivity index is 0.957. The van der Waals surface area contributed by atoms with Gasteiger partial charge in [-0.1, -0.05) is 6.07 Å². The predicted molar refractivity (Wildman–Crippen MR) is 153 cm³/mol. The molecule has 6 rings (SSSR count). The van der Waals surface area contributed by atoms with E-state index in [-0.39, 0.29) is 23.7 Å². The van der Waals surface area contributed by atoms with Crippen LogP contribution in [-0.4, -0.2) is 82.5 Å². The highest BCUT2D eigenvalue weighted by Crippen LogP contribution is 2.31. The van der Waals surface area contributed by atoms with Crippen molar-refractivity contribution in [1.29, 1.82) is 0 Å². The molecule has 9 nitrogen and oxygen atoms in total. The summed E-state index contributed by atoms with van der Waals surface area (Å²) in [4.78, 5) is 44.2. The minimum Gasteiger partial charge on any atom is -0.361 e. The van der Waals surface area contributed by atoms with E-state index in [1.165, 1.54) is 23.5 Å². The van der Waals surface area contributed by atoms with Gasteiger partial charge in [-0.3, -0.25) is 4.79 Å². The fourth-order valence-corrected chi connectivity index (χ4v) is 6.49. The fraction of sp³-hybridized carbons (Fsp3) is 0.379. The number of rotatable bonds is 6. The lowest BCUT2D eigenvalue weighted by atomic mass is 9.98. The Kier molecular flexibility index (Phi) is 7.63. The fourth-order valence-electron chi connectivity index (χ4n) is 5.52. The monoisotopic (exact) mass is 561 g/mol. The van der Waals surface area contributed by atoms with Crippen molar-refractivity contribution in [3.8, 4) is 0 Å². The number of halogens is 1. The zero-order valence-electron chi connectivity index (χ0n) is 22.2. The highest BCUT2D eigenvalue weighted by atomic mass is 32.1. The van der Waals surface area contributed by atoms with Gasteiger partial charge in [0, 0.05) is 80.4 Å². The van der Waals surface area contributed by atoms with Crippen molar-refractivity contribution in [3.05, 3.63) is 76.3 Å². The minimum atomic E-state index is -0.276. The van der Waals surface area contributed by atoms with Gasteiger partial charge in [0.1, 0.15) is 17.3 Å².